The molecule has 0 aliphatic carbocycles. The van der Waals surface area contributed by atoms with Crippen molar-refractivity contribution in [1.82, 2.24) is 14.8 Å². The molecule has 0 saturated heterocycles. The molecule has 0 radical (unpaired) electrons. The number of halogens is 1. The van der Waals surface area contributed by atoms with Crippen LogP contribution in [0.2, 0.25) is 0 Å². The molecule has 1 heterocycles. The van der Waals surface area contributed by atoms with E-state index in [2.05, 4.69) is 15.5 Å². The lowest BCUT2D eigenvalue weighted by molar-refractivity contribution is -0.113. The van der Waals surface area contributed by atoms with Gasteiger partial charge >= 0.3 is 0 Å². The summed E-state index contributed by atoms with van der Waals surface area (Å²) in [5, 5.41) is 11.6. The highest BCUT2D eigenvalue weighted by Gasteiger charge is 2.22. The summed E-state index contributed by atoms with van der Waals surface area (Å²) in [5.41, 5.74) is 2.14. The molecule has 8 nitrogen and oxygen atoms in total. The van der Waals surface area contributed by atoms with Gasteiger partial charge in [0, 0.05) is 12.2 Å². The molecule has 0 bridgehead atoms. The first-order valence-electron chi connectivity index (χ1n) is 9.82. The highest BCUT2D eigenvalue weighted by atomic mass is 32.2. The summed E-state index contributed by atoms with van der Waals surface area (Å²) in [5.74, 6) is -0.0971. The van der Waals surface area contributed by atoms with Crippen LogP contribution in [0.4, 0.5) is 15.8 Å². The third kappa shape index (κ3) is 6.07. The molecule has 0 unspecified atom stereocenters. The molecule has 3 aromatic rings. The zero-order chi connectivity index (χ0) is 23.3. The number of sulfonamides is 1. The second-order valence-electron chi connectivity index (χ2n) is 7.09. The molecule has 0 spiro atoms. The van der Waals surface area contributed by atoms with E-state index >= 15 is 0 Å². The van der Waals surface area contributed by atoms with Gasteiger partial charge in [-0.2, -0.15) is 0 Å². The number of hydrogen-bond donors (Lipinski definition) is 1. The zero-order valence-electron chi connectivity index (χ0n) is 17.9. The Balaban J connectivity index is 1.72. The van der Waals surface area contributed by atoms with Crippen LogP contribution in [0, 0.1) is 12.7 Å². The van der Waals surface area contributed by atoms with E-state index in [1.54, 1.807) is 4.57 Å². The number of carbonyl (C=O) groups excluding carboxylic acids is 1. The topological polar surface area (TPSA) is 97.2 Å². The number of amides is 1. The van der Waals surface area contributed by atoms with Crippen molar-refractivity contribution in [3.63, 3.8) is 0 Å². The van der Waals surface area contributed by atoms with Crippen LogP contribution in [-0.4, -0.2) is 41.1 Å². The minimum Gasteiger partial charge on any atom is -0.325 e. The Morgan fingerprint density at radius 1 is 1.12 bits per heavy atom. The maximum Gasteiger partial charge on any atom is 0.234 e. The molecular weight excluding hydrogens is 453 g/mol. The van der Waals surface area contributed by atoms with Crippen molar-refractivity contribution in [2.24, 2.45) is 0 Å². The van der Waals surface area contributed by atoms with Crippen LogP contribution in [0.5, 0.6) is 0 Å². The Hall–Kier alpha value is -2.92. The second kappa shape index (κ2) is 10.1. The number of hydrogen-bond acceptors (Lipinski definition) is 6. The molecule has 0 fully saturated rings. The van der Waals surface area contributed by atoms with E-state index < -0.39 is 15.8 Å². The Kier molecular flexibility index (Phi) is 7.52. The number of aromatic nitrogens is 3. The number of carbonyl (C=O) groups is 1. The van der Waals surface area contributed by atoms with Crippen LogP contribution in [0.25, 0.3) is 0 Å². The summed E-state index contributed by atoms with van der Waals surface area (Å²) in [7, 11) is -3.65. The molecule has 32 heavy (non-hydrogen) atoms. The van der Waals surface area contributed by atoms with E-state index in [0.29, 0.717) is 28.9 Å². The summed E-state index contributed by atoms with van der Waals surface area (Å²) < 4.78 is 40.9. The summed E-state index contributed by atoms with van der Waals surface area (Å²) in [6.45, 7) is 4.27. The lowest BCUT2D eigenvalue weighted by atomic mass is 10.2. The Bertz CT molecular complexity index is 1180. The van der Waals surface area contributed by atoms with Gasteiger partial charge in [-0.3, -0.25) is 9.10 Å². The quantitative estimate of drug-likeness (QED) is 0.474. The van der Waals surface area contributed by atoms with Gasteiger partial charge in [0.2, 0.25) is 15.9 Å². The summed E-state index contributed by atoms with van der Waals surface area (Å²) in [4.78, 5) is 12.3. The molecule has 3 rings (SSSR count). The summed E-state index contributed by atoms with van der Waals surface area (Å²) >= 11 is 1.22. The smallest absolute Gasteiger partial charge is 0.234 e. The second-order valence-corrected chi connectivity index (χ2v) is 9.94. The van der Waals surface area contributed by atoms with Gasteiger partial charge in [-0.15, -0.1) is 10.2 Å². The highest BCUT2D eigenvalue weighted by Crippen LogP contribution is 2.23. The van der Waals surface area contributed by atoms with Crippen molar-refractivity contribution in [3.05, 3.63) is 65.7 Å². The maximum atomic E-state index is 13.3. The SMILES string of the molecule is CCn1c(CN(c2ccc(F)cc2)S(C)(=O)=O)nnc1SCC(=O)Nc1ccc(C)cc1. The number of rotatable bonds is 9. The fraction of sp³-hybridized carbons (Fsp3) is 0.286. The Morgan fingerprint density at radius 2 is 1.78 bits per heavy atom. The van der Waals surface area contributed by atoms with Crippen molar-refractivity contribution in [3.8, 4) is 0 Å². The molecule has 0 atom stereocenters. The van der Waals surface area contributed by atoms with Crippen molar-refractivity contribution in [1.29, 1.82) is 0 Å². The third-order valence-electron chi connectivity index (χ3n) is 4.58. The van der Waals surface area contributed by atoms with Gasteiger partial charge in [-0.25, -0.2) is 12.8 Å². The molecular formula is C21H24FN5O3S2. The predicted molar refractivity (Wildman–Crippen MR) is 124 cm³/mol. The largest absolute Gasteiger partial charge is 0.325 e. The van der Waals surface area contributed by atoms with Crippen molar-refractivity contribution in [2.45, 2.75) is 32.1 Å². The maximum absolute atomic E-state index is 13.3. The predicted octanol–water partition coefficient (Wildman–Crippen LogP) is 3.44. The minimum atomic E-state index is -3.65. The monoisotopic (exact) mass is 477 g/mol. The van der Waals surface area contributed by atoms with E-state index in [1.165, 1.54) is 36.0 Å². The molecule has 1 N–H and O–H groups in total. The molecule has 0 saturated carbocycles. The number of nitrogens with one attached hydrogen (secondary N) is 1. The van der Waals surface area contributed by atoms with Crippen molar-refractivity contribution < 1.29 is 17.6 Å². The van der Waals surface area contributed by atoms with Crippen LogP contribution in [0.3, 0.4) is 0 Å². The van der Waals surface area contributed by atoms with Gasteiger partial charge < -0.3 is 9.88 Å². The Morgan fingerprint density at radius 3 is 2.38 bits per heavy atom. The van der Waals surface area contributed by atoms with Gasteiger partial charge in [0.1, 0.15) is 5.82 Å². The van der Waals surface area contributed by atoms with Gasteiger partial charge in [0.15, 0.2) is 11.0 Å². The molecule has 1 aromatic heterocycles. The number of thioether (sulfide) groups is 1. The molecule has 2 aromatic carbocycles. The van der Waals surface area contributed by atoms with E-state index in [-0.39, 0.29) is 18.2 Å². The van der Waals surface area contributed by atoms with Gasteiger partial charge in [0.05, 0.1) is 24.2 Å². The molecule has 0 aliphatic rings. The number of anilines is 2. The van der Waals surface area contributed by atoms with Crippen LogP contribution in [0.1, 0.15) is 18.3 Å². The van der Waals surface area contributed by atoms with Gasteiger partial charge in [-0.1, -0.05) is 29.5 Å². The van der Waals surface area contributed by atoms with E-state index in [9.17, 15) is 17.6 Å². The van der Waals surface area contributed by atoms with E-state index in [1.807, 2.05) is 38.1 Å². The fourth-order valence-corrected chi connectivity index (χ4v) is 4.64. The molecule has 1 amide bonds. The van der Waals surface area contributed by atoms with Crippen LogP contribution in [0.15, 0.2) is 53.7 Å². The first-order chi connectivity index (χ1) is 15.2. The molecule has 11 heteroatoms. The summed E-state index contributed by atoms with van der Waals surface area (Å²) in [6, 6.07) is 12.7. The van der Waals surface area contributed by atoms with Crippen molar-refractivity contribution in [2.75, 3.05) is 21.6 Å². The highest BCUT2D eigenvalue weighted by molar-refractivity contribution is 7.99. The van der Waals surface area contributed by atoms with E-state index in [0.717, 1.165) is 16.1 Å². The van der Waals surface area contributed by atoms with Gasteiger partial charge in [-0.05, 0) is 50.2 Å². The lowest BCUT2D eigenvalue weighted by Crippen LogP contribution is -2.30. The lowest BCUT2D eigenvalue weighted by Gasteiger charge is -2.22. The first kappa shape index (κ1) is 23.7. The van der Waals surface area contributed by atoms with Crippen molar-refractivity contribution >= 4 is 39.1 Å². The number of benzene rings is 2. The first-order valence-corrected chi connectivity index (χ1v) is 12.7. The molecule has 0 aliphatic heterocycles. The normalized spacial score (nSPS) is 11.4. The Labute approximate surface area is 190 Å². The number of nitrogens with zero attached hydrogens (tertiary/aromatic N) is 4. The van der Waals surface area contributed by atoms with E-state index in [4.69, 9.17) is 0 Å². The zero-order valence-corrected chi connectivity index (χ0v) is 19.6. The van der Waals surface area contributed by atoms with Gasteiger partial charge in [0.25, 0.3) is 0 Å². The number of aryl methyl sites for hydroxylation is 1. The van der Waals surface area contributed by atoms with Crippen LogP contribution in [-0.2, 0) is 27.9 Å². The third-order valence-corrected chi connectivity index (χ3v) is 6.68. The average Bonchev–Trinajstić information content (AvgIpc) is 3.14. The summed E-state index contributed by atoms with van der Waals surface area (Å²) in [6.07, 6.45) is 1.08. The molecule has 170 valence electrons. The minimum absolute atomic E-state index is 0.0680. The fourth-order valence-electron chi connectivity index (χ4n) is 2.96. The van der Waals surface area contributed by atoms with Crippen LogP contribution >= 0.6 is 11.8 Å². The average molecular weight is 478 g/mol. The van der Waals surface area contributed by atoms with Crippen LogP contribution < -0.4 is 9.62 Å². The standard InChI is InChI=1S/C21H24FN5O3S2/c1-4-26-19(13-27(32(3,29)30)18-11-7-16(22)8-12-18)24-25-21(26)31-14-20(28)23-17-9-5-15(2)6-10-17/h5-12H,4,13-14H2,1-3H3,(H,23,28).